The third-order valence-corrected chi connectivity index (χ3v) is 2.25. The molecule has 0 aliphatic heterocycles. The van der Waals surface area contributed by atoms with Gasteiger partial charge in [-0.05, 0) is 11.5 Å². The van der Waals surface area contributed by atoms with Gasteiger partial charge in [0.1, 0.15) is 7.05 Å². The molecule has 68 valence electrons. The molecule has 1 nitrogen and oxygen atoms in total. The number of pyridine rings is 1. The zero-order valence-corrected chi connectivity index (χ0v) is 9.95. The maximum absolute atomic E-state index is 2.20. The van der Waals surface area contributed by atoms with Crippen molar-refractivity contribution in [3.8, 4) is 0 Å². The minimum Gasteiger partial charge on any atom is -1.00 e. The largest absolute Gasteiger partial charge is 1.00 e. The SMILES string of the molecule is Cc1cc2ccccc2c[n+]1C.[I-]. The third-order valence-electron chi connectivity index (χ3n) is 2.25. The first-order chi connectivity index (χ1) is 5.77. The summed E-state index contributed by atoms with van der Waals surface area (Å²) in [7, 11) is 2.07. The van der Waals surface area contributed by atoms with Gasteiger partial charge in [-0.1, -0.05) is 18.2 Å². The van der Waals surface area contributed by atoms with Crippen LogP contribution in [0.3, 0.4) is 0 Å². The van der Waals surface area contributed by atoms with Crippen LogP contribution in [0.4, 0.5) is 0 Å². The second kappa shape index (κ2) is 4.05. The molecule has 0 saturated heterocycles. The molecule has 0 amide bonds. The second-order valence-electron chi connectivity index (χ2n) is 3.15. The molecule has 2 aromatic rings. The molecule has 1 heterocycles. The highest BCUT2D eigenvalue weighted by Crippen LogP contribution is 2.11. The lowest BCUT2D eigenvalue weighted by Crippen LogP contribution is -3.00. The van der Waals surface area contributed by atoms with Crippen LogP contribution >= 0.6 is 0 Å². The lowest BCUT2D eigenvalue weighted by molar-refractivity contribution is -0.676. The Hall–Kier alpha value is -0.640. The van der Waals surface area contributed by atoms with E-state index in [-0.39, 0.29) is 24.0 Å². The zero-order chi connectivity index (χ0) is 8.55. The first kappa shape index (κ1) is 10.4. The molecule has 0 aliphatic carbocycles. The topological polar surface area (TPSA) is 3.88 Å². The highest BCUT2D eigenvalue weighted by Gasteiger charge is 2.01. The quantitative estimate of drug-likeness (QED) is 0.431. The summed E-state index contributed by atoms with van der Waals surface area (Å²) < 4.78 is 2.14. The predicted molar refractivity (Wildman–Crippen MR) is 49.9 cm³/mol. The summed E-state index contributed by atoms with van der Waals surface area (Å²) in [6.07, 6.45) is 2.16. The molecular weight excluding hydrogens is 273 g/mol. The molecule has 0 spiro atoms. The van der Waals surface area contributed by atoms with E-state index in [2.05, 4.69) is 55.1 Å². The van der Waals surface area contributed by atoms with Crippen LogP contribution in [0, 0.1) is 6.92 Å². The van der Waals surface area contributed by atoms with Gasteiger partial charge in [0.25, 0.3) is 0 Å². The number of halogens is 1. The van der Waals surface area contributed by atoms with Crippen molar-refractivity contribution in [1.29, 1.82) is 0 Å². The molecule has 0 unspecified atom stereocenters. The molecule has 0 aliphatic rings. The Balaban J connectivity index is 0.000000845. The van der Waals surface area contributed by atoms with E-state index in [1.165, 1.54) is 16.5 Å². The van der Waals surface area contributed by atoms with E-state index in [0.29, 0.717) is 0 Å². The van der Waals surface area contributed by atoms with Crippen LogP contribution in [0.5, 0.6) is 0 Å². The van der Waals surface area contributed by atoms with Gasteiger partial charge in [-0.2, -0.15) is 0 Å². The molecule has 0 radical (unpaired) electrons. The molecule has 13 heavy (non-hydrogen) atoms. The molecule has 0 atom stereocenters. The maximum atomic E-state index is 2.20. The summed E-state index contributed by atoms with van der Waals surface area (Å²) in [6.45, 7) is 2.12. The summed E-state index contributed by atoms with van der Waals surface area (Å²) in [5.74, 6) is 0. The van der Waals surface area contributed by atoms with Crippen molar-refractivity contribution in [2.75, 3.05) is 0 Å². The third kappa shape index (κ3) is 1.99. The summed E-state index contributed by atoms with van der Waals surface area (Å²) in [4.78, 5) is 0. The molecule has 2 heteroatoms. The average molecular weight is 285 g/mol. The van der Waals surface area contributed by atoms with E-state index in [4.69, 9.17) is 0 Å². The number of aryl methyl sites for hydroxylation is 2. The van der Waals surface area contributed by atoms with Gasteiger partial charge in [-0.3, -0.25) is 0 Å². The van der Waals surface area contributed by atoms with E-state index >= 15 is 0 Å². The van der Waals surface area contributed by atoms with E-state index in [1.807, 2.05) is 0 Å². The minimum atomic E-state index is 0. The summed E-state index contributed by atoms with van der Waals surface area (Å²) in [6, 6.07) is 10.6. The highest BCUT2D eigenvalue weighted by molar-refractivity contribution is 5.80. The smallest absolute Gasteiger partial charge is 0.178 e. The second-order valence-corrected chi connectivity index (χ2v) is 3.15. The number of fused-ring (bicyclic) bond motifs is 1. The zero-order valence-electron chi connectivity index (χ0n) is 7.79. The molecule has 0 bridgehead atoms. The Kier molecular flexibility index (Phi) is 3.25. The van der Waals surface area contributed by atoms with Gasteiger partial charge < -0.3 is 24.0 Å². The fourth-order valence-corrected chi connectivity index (χ4v) is 1.40. The van der Waals surface area contributed by atoms with Crippen LogP contribution in [-0.2, 0) is 7.05 Å². The van der Waals surface area contributed by atoms with Gasteiger partial charge in [0.05, 0.1) is 0 Å². The van der Waals surface area contributed by atoms with Crippen molar-refractivity contribution in [1.82, 2.24) is 0 Å². The van der Waals surface area contributed by atoms with Crippen molar-refractivity contribution in [2.45, 2.75) is 6.92 Å². The van der Waals surface area contributed by atoms with Crippen LogP contribution < -0.4 is 28.5 Å². The summed E-state index contributed by atoms with van der Waals surface area (Å²) >= 11 is 0. The fourth-order valence-electron chi connectivity index (χ4n) is 1.40. The van der Waals surface area contributed by atoms with E-state index < -0.39 is 0 Å². The van der Waals surface area contributed by atoms with Crippen molar-refractivity contribution in [3.05, 3.63) is 42.2 Å². The number of nitrogens with zero attached hydrogens (tertiary/aromatic N) is 1. The number of rotatable bonds is 0. The van der Waals surface area contributed by atoms with Gasteiger partial charge in [-0.25, -0.2) is 4.57 Å². The van der Waals surface area contributed by atoms with Crippen molar-refractivity contribution < 1.29 is 28.5 Å². The van der Waals surface area contributed by atoms with Crippen molar-refractivity contribution >= 4 is 10.8 Å². The normalized spacial score (nSPS) is 9.69. The lowest BCUT2D eigenvalue weighted by atomic mass is 10.1. The summed E-state index contributed by atoms with van der Waals surface area (Å²) in [5, 5.41) is 2.61. The van der Waals surface area contributed by atoms with Gasteiger partial charge in [0, 0.05) is 18.4 Å². The van der Waals surface area contributed by atoms with E-state index in [0.717, 1.165) is 0 Å². The van der Waals surface area contributed by atoms with Gasteiger partial charge in [0.15, 0.2) is 11.9 Å². The minimum absolute atomic E-state index is 0. The van der Waals surface area contributed by atoms with Crippen LogP contribution in [0.2, 0.25) is 0 Å². The van der Waals surface area contributed by atoms with Crippen LogP contribution in [0.15, 0.2) is 36.5 Å². The molecular formula is C11H12IN. The van der Waals surface area contributed by atoms with Crippen LogP contribution in [-0.4, -0.2) is 0 Å². The molecule has 2 rings (SSSR count). The molecule has 1 aromatic carbocycles. The van der Waals surface area contributed by atoms with Crippen molar-refractivity contribution in [3.63, 3.8) is 0 Å². The molecule has 0 N–H and O–H groups in total. The van der Waals surface area contributed by atoms with E-state index in [9.17, 15) is 0 Å². The highest BCUT2D eigenvalue weighted by atomic mass is 127. The molecule has 0 fully saturated rings. The maximum Gasteiger partial charge on any atom is 0.178 e. The Morgan fingerprint density at radius 3 is 2.38 bits per heavy atom. The lowest BCUT2D eigenvalue weighted by Gasteiger charge is -1.97. The number of hydrogen-bond donors (Lipinski definition) is 0. The average Bonchev–Trinajstić information content (AvgIpc) is 2.07. The number of aromatic nitrogens is 1. The number of hydrogen-bond acceptors (Lipinski definition) is 0. The fraction of sp³-hybridized carbons (Fsp3) is 0.182. The van der Waals surface area contributed by atoms with Gasteiger partial charge >= 0.3 is 0 Å². The molecule has 1 aromatic heterocycles. The van der Waals surface area contributed by atoms with Crippen molar-refractivity contribution in [2.24, 2.45) is 7.05 Å². The Labute approximate surface area is 95.4 Å². The first-order valence-electron chi connectivity index (χ1n) is 4.12. The van der Waals surface area contributed by atoms with E-state index in [1.54, 1.807) is 0 Å². The van der Waals surface area contributed by atoms with Crippen LogP contribution in [0.1, 0.15) is 5.69 Å². The van der Waals surface area contributed by atoms with Gasteiger partial charge in [0.2, 0.25) is 0 Å². The first-order valence-corrected chi connectivity index (χ1v) is 4.12. The standard InChI is InChI=1S/C11H12N.HI/c1-9-7-10-5-3-4-6-11(10)8-12(9)2;/h3-8H,1-2H3;1H/q+1;/p-1. The van der Waals surface area contributed by atoms with Gasteiger partial charge in [-0.15, -0.1) is 0 Å². The Morgan fingerprint density at radius 2 is 1.69 bits per heavy atom. The monoisotopic (exact) mass is 285 g/mol. The molecule has 0 saturated carbocycles. The van der Waals surface area contributed by atoms with Crippen LogP contribution in [0.25, 0.3) is 10.8 Å². The Morgan fingerprint density at radius 1 is 1.08 bits per heavy atom. The summed E-state index contributed by atoms with van der Waals surface area (Å²) in [5.41, 5.74) is 1.29. The predicted octanol–water partition coefficient (Wildman–Crippen LogP) is -1.02. The number of benzene rings is 1. The Bertz CT molecular complexity index is 383.